The Morgan fingerprint density at radius 2 is 2.44 bits per heavy atom. The largest absolute Gasteiger partial charge is 0.343 e. The third-order valence-corrected chi connectivity index (χ3v) is 3.78. The van der Waals surface area contributed by atoms with E-state index in [0.717, 1.165) is 36.9 Å². The molecule has 4 nitrogen and oxygen atoms in total. The van der Waals surface area contributed by atoms with E-state index in [1.807, 2.05) is 7.05 Å². The molecule has 0 bridgehead atoms. The summed E-state index contributed by atoms with van der Waals surface area (Å²) >= 11 is 1.55. The number of hydrogen-bond acceptors (Lipinski definition) is 5. The maximum atomic E-state index is 4.62. The molecule has 1 aromatic heterocycles. The Morgan fingerprint density at radius 3 is 3.19 bits per heavy atom. The van der Waals surface area contributed by atoms with Crippen LogP contribution in [0.5, 0.6) is 0 Å². The number of nitrogens with zero attached hydrogens (tertiary/aromatic N) is 3. The van der Waals surface area contributed by atoms with Crippen molar-refractivity contribution < 1.29 is 0 Å². The van der Waals surface area contributed by atoms with E-state index in [1.54, 1.807) is 11.5 Å². The lowest BCUT2D eigenvalue weighted by Gasteiger charge is -2.23. The van der Waals surface area contributed by atoms with Crippen molar-refractivity contribution in [3.8, 4) is 0 Å². The van der Waals surface area contributed by atoms with Crippen LogP contribution in [0.2, 0.25) is 0 Å². The molecule has 1 saturated heterocycles. The fraction of sp³-hybridized carbons (Fsp3) is 0.818. The molecule has 16 heavy (non-hydrogen) atoms. The van der Waals surface area contributed by atoms with Crippen molar-refractivity contribution >= 4 is 16.7 Å². The second kappa shape index (κ2) is 5.59. The van der Waals surface area contributed by atoms with Crippen molar-refractivity contribution in [3.63, 3.8) is 0 Å². The summed E-state index contributed by atoms with van der Waals surface area (Å²) < 4.78 is 4.41. The first-order valence-corrected chi connectivity index (χ1v) is 6.86. The van der Waals surface area contributed by atoms with Crippen LogP contribution in [0.25, 0.3) is 0 Å². The maximum absolute atomic E-state index is 4.62. The molecule has 1 fully saturated rings. The molecule has 1 aliphatic heterocycles. The molecule has 2 heterocycles. The summed E-state index contributed by atoms with van der Waals surface area (Å²) in [5, 5.41) is 4.37. The summed E-state index contributed by atoms with van der Waals surface area (Å²) in [5.74, 6) is 1.01. The predicted octanol–water partition coefficient (Wildman–Crippen LogP) is 1.68. The zero-order chi connectivity index (χ0) is 11.4. The van der Waals surface area contributed by atoms with E-state index in [-0.39, 0.29) is 0 Å². The fourth-order valence-corrected chi connectivity index (χ4v) is 3.03. The molecule has 1 unspecified atom stereocenters. The lowest BCUT2D eigenvalue weighted by molar-refractivity contribution is 0.614. The van der Waals surface area contributed by atoms with Gasteiger partial charge in [-0.15, -0.1) is 0 Å². The highest BCUT2D eigenvalue weighted by molar-refractivity contribution is 7.09. The summed E-state index contributed by atoms with van der Waals surface area (Å²) in [6.07, 6.45) is 4.66. The average Bonchev–Trinajstić information content (AvgIpc) is 2.87. The number of hydrogen-bond donors (Lipinski definition) is 1. The minimum absolute atomic E-state index is 0.604. The number of rotatable bonds is 5. The van der Waals surface area contributed by atoms with E-state index < -0.39 is 0 Å². The van der Waals surface area contributed by atoms with Crippen molar-refractivity contribution in [2.45, 2.75) is 38.6 Å². The zero-order valence-corrected chi connectivity index (χ0v) is 10.9. The third-order valence-electron chi connectivity index (χ3n) is 2.99. The van der Waals surface area contributed by atoms with E-state index >= 15 is 0 Å². The minimum atomic E-state index is 0.604. The molecule has 2 rings (SSSR count). The molecular weight excluding hydrogens is 220 g/mol. The highest BCUT2D eigenvalue weighted by Crippen LogP contribution is 2.26. The van der Waals surface area contributed by atoms with Crippen LogP contribution in [-0.4, -0.2) is 35.5 Å². The van der Waals surface area contributed by atoms with Crippen molar-refractivity contribution in [2.75, 3.05) is 25.0 Å². The van der Waals surface area contributed by atoms with Gasteiger partial charge in [-0.25, -0.2) is 4.98 Å². The second-order valence-electron chi connectivity index (χ2n) is 4.29. The Bertz CT molecular complexity index is 326. The van der Waals surface area contributed by atoms with Gasteiger partial charge in [-0.3, -0.25) is 0 Å². The Labute approximate surface area is 101 Å². The summed E-state index contributed by atoms with van der Waals surface area (Å²) in [6.45, 7) is 4.34. The maximum Gasteiger partial charge on any atom is 0.205 e. The normalized spacial score (nSPS) is 20.6. The molecule has 90 valence electrons. The van der Waals surface area contributed by atoms with Crippen molar-refractivity contribution in [2.24, 2.45) is 0 Å². The number of aryl methyl sites for hydroxylation is 1. The van der Waals surface area contributed by atoms with Gasteiger partial charge < -0.3 is 10.2 Å². The monoisotopic (exact) mass is 240 g/mol. The average molecular weight is 240 g/mol. The van der Waals surface area contributed by atoms with Gasteiger partial charge in [0, 0.05) is 37.1 Å². The van der Waals surface area contributed by atoms with E-state index in [0.29, 0.717) is 6.04 Å². The molecule has 0 aromatic carbocycles. The standard InChI is InChI=1S/C11H20N4S/c1-3-5-10-13-11(16-14-10)15-7-4-6-9(15)8-12-2/h9,12H,3-8H2,1-2H3. The highest BCUT2D eigenvalue weighted by Gasteiger charge is 2.26. The van der Waals surface area contributed by atoms with E-state index in [1.165, 1.54) is 12.8 Å². The molecule has 1 N–H and O–H groups in total. The smallest absolute Gasteiger partial charge is 0.205 e. The van der Waals surface area contributed by atoms with Crippen LogP contribution in [0.4, 0.5) is 5.13 Å². The van der Waals surface area contributed by atoms with Gasteiger partial charge in [-0.2, -0.15) is 4.37 Å². The molecule has 1 aromatic rings. The third kappa shape index (κ3) is 2.52. The predicted molar refractivity (Wildman–Crippen MR) is 68.2 cm³/mol. The van der Waals surface area contributed by atoms with Crippen molar-refractivity contribution in [1.82, 2.24) is 14.7 Å². The first-order valence-electron chi connectivity index (χ1n) is 6.09. The van der Waals surface area contributed by atoms with E-state index in [9.17, 15) is 0 Å². The Kier molecular flexibility index (Phi) is 4.12. The van der Waals surface area contributed by atoms with Crippen LogP contribution in [0.3, 0.4) is 0 Å². The summed E-state index contributed by atoms with van der Waals surface area (Å²) in [4.78, 5) is 7.03. The Hall–Kier alpha value is -0.680. The number of aromatic nitrogens is 2. The van der Waals surface area contributed by atoms with Crippen LogP contribution in [0, 0.1) is 0 Å². The summed E-state index contributed by atoms with van der Waals surface area (Å²) in [7, 11) is 2.01. The van der Waals surface area contributed by atoms with Gasteiger partial charge in [0.25, 0.3) is 0 Å². The van der Waals surface area contributed by atoms with Crippen LogP contribution in [0.15, 0.2) is 0 Å². The number of anilines is 1. The van der Waals surface area contributed by atoms with Crippen molar-refractivity contribution in [1.29, 1.82) is 0 Å². The van der Waals surface area contributed by atoms with Crippen LogP contribution in [0.1, 0.15) is 32.0 Å². The topological polar surface area (TPSA) is 41.1 Å². The number of nitrogens with one attached hydrogen (secondary N) is 1. The van der Waals surface area contributed by atoms with Gasteiger partial charge >= 0.3 is 0 Å². The molecule has 0 radical (unpaired) electrons. The molecule has 1 aliphatic rings. The molecule has 0 aliphatic carbocycles. The molecular formula is C11H20N4S. The first kappa shape index (κ1) is 11.8. The quantitative estimate of drug-likeness (QED) is 0.850. The Morgan fingerprint density at radius 1 is 1.56 bits per heavy atom. The molecule has 0 saturated carbocycles. The summed E-state index contributed by atoms with van der Waals surface area (Å²) in [5.41, 5.74) is 0. The van der Waals surface area contributed by atoms with Gasteiger partial charge in [0.1, 0.15) is 5.82 Å². The molecule has 5 heteroatoms. The van der Waals surface area contributed by atoms with E-state index in [4.69, 9.17) is 0 Å². The highest BCUT2D eigenvalue weighted by atomic mass is 32.1. The fourth-order valence-electron chi connectivity index (χ4n) is 2.22. The van der Waals surface area contributed by atoms with Gasteiger partial charge in [0.2, 0.25) is 5.13 Å². The van der Waals surface area contributed by atoms with Gasteiger partial charge in [0.15, 0.2) is 0 Å². The van der Waals surface area contributed by atoms with Crippen LogP contribution < -0.4 is 10.2 Å². The van der Waals surface area contributed by atoms with E-state index in [2.05, 4.69) is 26.5 Å². The second-order valence-corrected chi connectivity index (χ2v) is 5.02. The lowest BCUT2D eigenvalue weighted by atomic mass is 10.2. The molecule has 1 atom stereocenters. The SMILES string of the molecule is CCCc1nsc(N2CCCC2CNC)n1. The number of likely N-dealkylation sites (N-methyl/N-ethyl adjacent to an activating group) is 1. The van der Waals surface area contributed by atoms with Gasteiger partial charge in [-0.1, -0.05) is 6.92 Å². The molecule has 0 spiro atoms. The Balaban J connectivity index is 2.04. The van der Waals surface area contributed by atoms with Gasteiger partial charge in [0.05, 0.1) is 0 Å². The van der Waals surface area contributed by atoms with Crippen LogP contribution >= 0.6 is 11.5 Å². The minimum Gasteiger partial charge on any atom is -0.343 e. The van der Waals surface area contributed by atoms with Crippen molar-refractivity contribution in [3.05, 3.63) is 5.82 Å². The zero-order valence-electron chi connectivity index (χ0n) is 10.1. The lowest BCUT2D eigenvalue weighted by Crippen LogP contribution is -2.36. The molecule has 0 amide bonds. The van der Waals surface area contributed by atoms with Crippen LogP contribution in [-0.2, 0) is 6.42 Å². The first-order chi connectivity index (χ1) is 7.85. The van der Waals surface area contributed by atoms with Gasteiger partial charge in [-0.05, 0) is 26.3 Å². The summed E-state index contributed by atoms with van der Waals surface area (Å²) in [6, 6.07) is 0.604.